The van der Waals surface area contributed by atoms with Crippen molar-refractivity contribution >= 4 is 50.8 Å². The first kappa shape index (κ1) is 38.3. The Bertz CT molecular complexity index is 3140. The maximum absolute atomic E-state index is 8.83. The summed E-state index contributed by atoms with van der Waals surface area (Å²) in [5, 5.41) is 1.69. The molecule has 297 valence electrons. The number of pyridine rings is 2. The fourth-order valence-electron chi connectivity index (χ4n) is 7.60. The molecule has 0 amide bonds. The first-order valence-corrected chi connectivity index (χ1v) is 27.2. The Hall–Kier alpha value is -5.92. The fraction of sp³-hybridized carbons (Fsp3) is 0.113. The maximum atomic E-state index is 8.83. The number of hydrogen-bond acceptors (Lipinski definition) is 4. The Kier molecular flexibility index (Phi) is 11.1. The maximum Gasteiger partial charge on any atom is 0 e. The molecule has 0 aliphatic carbocycles. The molecule has 0 unspecified atom stereocenters. The number of benzene rings is 6. The predicted octanol–water partition coefficient (Wildman–Crippen LogP) is 12.8. The second kappa shape index (κ2) is 17.4. The molecule has 0 spiro atoms. The van der Waals surface area contributed by atoms with E-state index in [4.69, 9.17) is 17.1 Å². The van der Waals surface area contributed by atoms with Gasteiger partial charge in [0.05, 0.1) is 22.4 Å². The van der Waals surface area contributed by atoms with Crippen LogP contribution in [0.4, 0.5) is 0 Å². The van der Waals surface area contributed by atoms with E-state index in [1.807, 2.05) is 91.1 Å². The fourth-order valence-corrected chi connectivity index (χ4v) is 9.77. The summed E-state index contributed by atoms with van der Waals surface area (Å²) in [5.41, 5.74) is 12.2. The van der Waals surface area contributed by atoms with Crippen LogP contribution in [0, 0.1) is 26.0 Å². The van der Waals surface area contributed by atoms with Crippen LogP contribution in [0.3, 0.4) is 0 Å². The van der Waals surface area contributed by atoms with Crippen LogP contribution in [0.25, 0.3) is 72.6 Å². The number of fused-ring (bicyclic) bond motifs is 4. The Morgan fingerprint density at radius 1 is 0.683 bits per heavy atom. The average molecular weight is 1020 g/mol. The smallest absolute Gasteiger partial charge is 0 e. The standard InChI is InChI=1S/C39H28N3O.C14H16GeN.Ir/c1-25-22-29(28-14-7-4-8-15-28)23-26(2)36(25)42-35-19-10-9-18-34(35)41-38(42)33-17-11-16-31-32-21-20-30(40-39(32)43-37(31)33)24-27-12-5-3-6-13-27;1-15(2,3)13-9-10-14(16-11-13)12-7-5-4-6-8-12;/h3-16,18-23H,24H2,1-2H3;4-7,9-11H,1-3H3;/q2*-1;/i24D2;;. The SMILES string of the molecule is [2H]C([2H])(c1ccccc1)c1ccc2c(n1)oc1c(-c3nc4ccccc4n3-c3c(C)cc(-c4ccccc4)cc3C)[c-]ccc12.[CH3][Ge]([CH3])([CH3])[c]1ccc(-c2[c-]cccc2)nc1.[Ir]. The van der Waals surface area contributed by atoms with Gasteiger partial charge in [-0.3, -0.25) is 4.98 Å². The largest absolute Gasteiger partial charge is 0 e. The molecule has 6 aromatic carbocycles. The minimum absolute atomic E-state index is 0. The van der Waals surface area contributed by atoms with Crippen molar-refractivity contribution in [2.45, 2.75) is 37.5 Å². The van der Waals surface area contributed by atoms with Gasteiger partial charge in [-0.15, -0.1) is 18.2 Å². The molecule has 4 aromatic heterocycles. The van der Waals surface area contributed by atoms with Crippen molar-refractivity contribution in [3.05, 3.63) is 198 Å². The molecule has 0 N–H and O–H groups in total. The minimum atomic E-state index is -1.78. The zero-order valence-electron chi connectivity index (χ0n) is 36.1. The molecule has 4 heterocycles. The number of aryl methyl sites for hydroxylation is 2. The molecular weight excluding hydrogens is 973 g/mol. The van der Waals surface area contributed by atoms with E-state index >= 15 is 0 Å². The van der Waals surface area contributed by atoms with Crippen LogP contribution < -0.4 is 4.40 Å². The van der Waals surface area contributed by atoms with Crippen LogP contribution in [0.1, 0.15) is 25.1 Å². The third-order valence-electron chi connectivity index (χ3n) is 10.6. The van der Waals surface area contributed by atoms with Crippen molar-refractivity contribution in [2.24, 2.45) is 0 Å². The molecule has 0 atom stereocenters. The van der Waals surface area contributed by atoms with Gasteiger partial charge in [0, 0.05) is 46.0 Å². The van der Waals surface area contributed by atoms with Gasteiger partial charge in [0.1, 0.15) is 0 Å². The number of nitrogens with zero attached hydrogens (tertiary/aromatic N) is 4. The summed E-state index contributed by atoms with van der Waals surface area (Å²) in [6.45, 7) is 4.29. The number of imidazole rings is 1. The van der Waals surface area contributed by atoms with Gasteiger partial charge in [-0.05, 0) is 78.1 Å². The Morgan fingerprint density at radius 3 is 2.10 bits per heavy atom. The number of rotatable bonds is 7. The van der Waals surface area contributed by atoms with Gasteiger partial charge in [-0.1, -0.05) is 83.7 Å². The molecule has 60 heavy (non-hydrogen) atoms. The summed E-state index contributed by atoms with van der Waals surface area (Å²) in [7, 11) is 0. The van der Waals surface area contributed by atoms with Crippen LogP contribution >= 0.6 is 0 Å². The summed E-state index contributed by atoms with van der Waals surface area (Å²) in [5.74, 6) is 7.86. The normalized spacial score (nSPS) is 12.1. The van der Waals surface area contributed by atoms with Gasteiger partial charge in [0.25, 0.3) is 0 Å². The van der Waals surface area contributed by atoms with Gasteiger partial charge in [-0.2, -0.15) is 0 Å². The molecule has 10 rings (SSSR count). The van der Waals surface area contributed by atoms with Crippen molar-refractivity contribution in [3.8, 4) is 39.5 Å². The molecule has 0 bridgehead atoms. The summed E-state index contributed by atoms with van der Waals surface area (Å²) in [4.78, 5) is 14.4. The Balaban J connectivity index is 0.000000263. The van der Waals surface area contributed by atoms with Crippen molar-refractivity contribution in [1.82, 2.24) is 19.5 Å². The van der Waals surface area contributed by atoms with Crippen LogP contribution in [0.15, 0.2) is 168 Å². The van der Waals surface area contributed by atoms with E-state index in [9.17, 15) is 0 Å². The van der Waals surface area contributed by atoms with Gasteiger partial charge >= 0.3 is 99.8 Å². The second-order valence-corrected chi connectivity index (χ2v) is 26.4. The van der Waals surface area contributed by atoms with Crippen LogP contribution in [0.2, 0.25) is 17.3 Å². The summed E-state index contributed by atoms with van der Waals surface area (Å²) in [6.07, 6.45) is 0.258. The molecule has 0 saturated carbocycles. The van der Waals surface area contributed by atoms with Gasteiger partial charge in [0.15, 0.2) is 0 Å². The molecule has 10 aromatic rings. The van der Waals surface area contributed by atoms with E-state index in [2.05, 4.69) is 107 Å². The van der Waals surface area contributed by atoms with Gasteiger partial charge in [-0.25, -0.2) is 4.98 Å². The topological polar surface area (TPSA) is 56.7 Å². The molecular formula is C53H44GeIrN4O-2. The van der Waals surface area contributed by atoms with Crippen LogP contribution in [0.5, 0.6) is 0 Å². The van der Waals surface area contributed by atoms with Gasteiger partial charge in [0.2, 0.25) is 5.71 Å². The van der Waals surface area contributed by atoms with Crippen molar-refractivity contribution in [2.75, 3.05) is 0 Å². The van der Waals surface area contributed by atoms with E-state index in [0.29, 0.717) is 22.6 Å². The Morgan fingerprint density at radius 2 is 1.40 bits per heavy atom. The van der Waals surface area contributed by atoms with E-state index in [0.717, 1.165) is 61.3 Å². The zero-order chi connectivity index (χ0) is 42.3. The van der Waals surface area contributed by atoms with Crippen LogP contribution in [-0.2, 0) is 26.5 Å². The first-order chi connectivity index (χ1) is 29.5. The number of aromatic nitrogens is 4. The zero-order valence-corrected chi connectivity index (χ0v) is 38.6. The average Bonchev–Trinajstić information content (AvgIpc) is 3.85. The second-order valence-electron chi connectivity index (χ2n) is 15.8. The monoisotopic (exact) mass is 1020 g/mol. The third kappa shape index (κ3) is 8.28. The number of furan rings is 1. The number of para-hydroxylation sites is 2. The molecule has 5 nitrogen and oxygen atoms in total. The van der Waals surface area contributed by atoms with Crippen LogP contribution in [-0.4, -0.2) is 32.8 Å². The van der Waals surface area contributed by atoms with Crippen molar-refractivity contribution < 1.29 is 27.3 Å². The van der Waals surface area contributed by atoms with Gasteiger partial charge < -0.3 is 8.98 Å². The summed E-state index contributed by atoms with van der Waals surface area (Å²) >= 11 is -1.72. The van der Waals surface area contributed by atoms with Crippen molar-refractivity contribution in [1.29, 1.82) is 0 Å². The Labute approximate surface area is 370 Å². The quantitative estimate of drug-likeness (QED) is 0.118. The van der Waals surface area contributed by atoms with E-state index in [-0.39, 0.29) is 20.1 Å². The molecule has 7 heteroatoms. The molecule has 0 aliphatic heterocycles. The first-order valence-electron chi connectivity index (χ1n) is 20.9. The molecule has 0 saturated heterocycles. The van der Waals surface area contributed by atoms with Crippen molar-refractivity contribution in [3.63, 3.8) is 0 Å². The molecule has 0 aliphatic rings. The minimum Gasteiger partial charge on any atom is 0 e. The molecule has 1 radical (unpaired) electrons. The van der Waals surface area contributed by atoms with E-state index < -0.39 is 19.6 Å². The third-order valence-corrected chi connectivity index (χ3v) is 14.8. The molecule has 0 fully saturated rings. The predicted molar refractivity (Wildman–Crippen MR) is 246 cm³/mol. The summed E-state index contributed by atoms with van der Waals surface area (Å²) < 4.78 is 27.8. The van der Waals surface area contributed by atoms with E-state index in [1.165, 1.54) is 15.5 Å². The number of hydrogen-bond donors (Lipinski definition) is 0. The summed E-state index contributed by atoms with van der Waals surface area (Å²) in [6, 6.07) is 58.5. The van der Waals surface area contributed by atoms with E-state index in [1.54, 1.807) is 18.2 Å².